The van der Waals surface area contributed by atoms with E-state index < -0.39 is 52.8 Å². The number of carbonyl (C=O) groups is 3. The Balaban J connectivity index is 0.753. The molecule has 3 amide bonds. The summed E-state index contributed by atoms with van der Waals surface area (Å²) in [6.45, 7) is 14.4. The van der Waals surface area contributed by atoms with Crippen molar-refractivity contribution in [1.82, 2.24) is 29.6 Å². The molecule has 5 heterocycles. The molecule has 6 aliphatic rings. The Kier molecular flexibility index (Phi) is 20.1. The van der Waals surface area contributed by atoms with Gasteiger partial charge in [0.05, 0.1) is 23.2 Å². The fraction of sp³-hybridized carbons (Fsp3) is 0.532. The average molecular weight is 1250 g/mol. The van der Waals surface area contributed by atoms with Gasteiger partial charge >= 0.3 is 5.51 Å². The molecule has 23 heteroatoms. The van der Waals surface area contributed by atoms with E-state index in [0.29, 0.717) is 80.9 Å². The number of anilines is 2. The van der Waals surface area contributed by atoms with Crippen LogP contribution in [0.3, 0.4) is 0 Å². The number of nitrogens with zero attached hydrogens (tertiary/aromatic N) is 5. The van der Waals surface area contributed by atoms with Crippen molar-refractivity contribution < 1.29 is 49.1 Å². The zero-order chi connectivity index (χ0) is 60.0. The van der Waals surface area contributed by atoms with E-state index in [1.165, 1.54) is 40.6 Å². The summed E-state index contributed by atoms with van der Waals surface area (Å²) in [6.07, 6.45) is 9.77. The van der Waals surface area contributed by atoms with Crippen LogP contribution in [0.15, 0.2) is 117 Å². The Morgan fingerprint density at radius 3 is 2.20 bits per heavy atom. The molecule has 16 nitrogen and oxygen atoms in total. The minimum atomic E-state index is -6.09. The lowest BCUT2D eigenvalue weighted by Crippen LogP contribution is -2.56. The molecule has 5 aliphatic heterocycles. The fourth-order valence-electron chi connectivity index (χ4n) is 13.3. The molecule has 4 aromatic rings. The molecule has 4 aromatic carbocycles. The number of ether oxygens (including phenoxy) is 1. The van der Waals surface area contributed by atoms with Crippen LogP contribution in [0.5, 0.6) is 0 Å². The highest BCUT2D eigenvalue weighted by atomic mass is 35.5. The van der Waals surface area contributed by atoms with E-state index in [1.807, 2.05) is 47.2 Å². The summed E-state index contributed by atoms with van der Waals surface area (Å²) >= 11 is 7.82. The summed E-state index contributed by atoms with van der Waals surface area (Å²) in [4.78, 5) is 48.6. The van der Waals surface area contributed by atoms with Crippen LogP contribution in [-0.4, -0.2) is 176 Å². The minimum Gasteiger partial charge on any atom is -0.380 e. The molecule has 10 rings (SSSR count). The maximum Gasteiger partial charge on any atom is 0.501 e. The van der Waals surface area contributed by atoms with Crippen molar-refractivity contribution in [3.05, 3.63) is 119 Å². The number of imide groups is 1. The van der Waals surface area contributed by atoms with E-state index in [9.17, 15) is 44.4 Å². The van der Waals surface area contributed by atoms with Gasteiger partial charge in [0.1, 0.15) is 4.90 Å². The first-order valence-electron chi connectivity index (χ1n) is 29.7. The molecule has 460 valence electrons. The number of hydrogen-bond donors (Lipinski definition) is 3. The maximum atomic E-state index is 14.4. The van der Waals surface area contributed by atoms with Gasteiger partial charge in [-0.3, -0.25) is 29.5 Å². The Bertz CT molecular complexity index is 3260. The van der Waals surface area contributed by atoms with Gasteiger partial charge < -0.3 is 24.8 Å². The van der Waals surface area contributed by atoms with Crippen LogP contribution < -0.4 is 20.3 Å². The second-order valence-corrected chi connectivity index (χ2v) is 29.4. The number of sulfonamides is 1. The van der Waals surface area contributed by atoms with Gasteiger partial charge in [0, 0.05) is 105 Å². The fourth-order valence-corrected chi connectivity index (χ4v) is 16.4. The smallest absolute Gasteiger partial charge is 0.380 e. The quantitative estimate of drug-likeness (QED) is 0.0597. The van der Waals surface area contributed by atoms with Crippen LogP contribution in [0.4, 0.5) is 24.5 Å². The number of hydrogen-bond acceptors (Lipinski definition) is 15. The molecule has 5 saturated heterocycles. The highest BCUT2D eigenvalue weighted by molar-refractivity contribution is 7.99. The number of thioether (sulfide) groups is 1. The second kappa shape index (κ2) is 27.1. The van der Waals surface area contributed by atoms with Crippen molar-refractivity contribution in [2.75, 3.05) is 114 Å². The number of rotatable bonds is 19. The van der Waals surface area contributed by atoms with Gasteiger partial charge in [-0.05, 0) is 179 Å². The zero-order valence-corrected chi connectivity index (χ0v) is 51.4. The van der Waals surface area contributed by atoms with Crippen LogP contribution >= 0.6 is 23.4 Å². The Morgan fingerprint density at radius 1 is 0.800 bits per heavy atom. The van der Waals surface area contributed by atoms with Gasteiger partial charge in [-0.15, -0.1) is 11.8 Å². The predicted octanol–water partition coefficient (Wildman–Crippen LogP) is 9.19. The molecular formula is C62H78ClF3N8O8S3. The number of sulfone groups is 1. The maximum absolute atomic E-state index is 14.4. The first kappa shape index (κ1) is 63.0. The number of piperidine rings is 3. The number of nitrogens with one attached hydrogen (secondary N) is 3. The number of amides is 3. The Morgan fingerprint density at radius 2 is 1.51 bits per heavy atom. The van der Waals surface area contributed by atoms with Crippen LogP contribution in [-0.2, 0) is 34.2 Å². The van der Waals surface area contributed by atoms with Crippen molar-refractivity contribution in [1.29, 1.82) is 0 Å². The van der Waals surface area contributed by atoms with Crippen molar-refractivity contribution in [3.8, 4) is 0 Å². The van der Waals surface area contributed by atoms with Gasteiger partial charge in [-0.25, -0.2) is 21.6 Å². The van der Waals surface area contributed by atoms with Crippen LogP contribution in [0.25, 0.3) is 5.57 Å². The van der Waals surface area contributed by atoms with E-state index in [4.69, 9.17) is 16.3 Å². The molecule has 3 N–H and O–H groups in total. The summed E-state index contributed by atoms with van der Waals surface area (Å²) in [6, 6.07) is 25.8. The third-order valence-corrected chi connectivity index (χ3v) is 22.6. The van der Waals surface area contributed by atoms with Crippen molar-refractivity contribution in [2.45, 2.75) is 110 Å². The molecule has 1 spiro atoms. The summed E-state index contributed by atoms with van der Waals surface area (Å²) in [5, 5.41) is 6.26. The Hall–Kier alpha value is -5.04. The van der Waals surface area contributed by atoms with Gasteiger partial charge in [0.2, 0.25) is 11.8 Å². The number of allylic oxidation sites excluding steroid dienone is 1. The van der Waals surface area contributed by atoms with Crippen molar-refractivity contribution in [2.24, 2.45) is 10.8 Å². The molecule has 0 aromatic heterocycles. The number of benzene rings is 4. The van der Waals surface area contributed by atoms with E-state index in [0.717, 1.165) is 133 Å². The average Bonchev–Trinajstić information content (AvgIpc) is 3.02. The molecule has 5 fully saturated rings. The second-order valence-electron chi connectivity index (χ2n) is 24.3. The van der Waals surface area contributed by atoms with E-state index in [2.05, 4.69) is 54.2 Å². The monoisotopic (exact) mass is 1250 g/mol. The number of piperazine rings is 1. The normalized spacial score (nSPS) is 23.1. The molecule has 3 atom stereocenters. The number of alkyl halides is 3. The Labute approximate surface area is 507 Å². The molecular weight excluding hydrogens is 1170 g/mol. The molecule has 0 radical (unpaired) electrons. The van der Waals surface area contributed by atoms with Gasteiger partial charge in [0.15, 0.2) is 0 Å². The molecule has 1 aliphatic carbocycles. The molecule has 0 saturated carbocycles. The van der Waals surface area contributed by atoms with Crippen LogP contribution in [0.1, 0.15) is 93.5 Å². The highest BCUT2D eigenvalue weighted by Crippen LogP contribution is 2.47. The molecule has 1 unspecified atom stereocenters. The van der Waals surface area contributed by atoms with Gasteiger partial charge in [-0.2, -0.15) is 13.2 Å². The third-order valence-electron chi connectivity index (χ3n) is 18.3. The van der Waals surface area contributed by atoms with Gasteiger partial charge in [-0.1, -0.05) is 54.4 Å². The molecule has 85 heavy (non-hydrogen) atoms. The lowest BCUT2D eigenvalue weighted by Gasteiger charge is -2.50. The first-order valence-corrected chi connectivity index (χ1v) is 34.1. The zero-order valence-electron chi connectivity index (χ0n) is 48.2. The van der Waals surface area contributed by atoms with E-state index in [1.54, 1.807) is 12.1 Å². The first-order chi connectivity index (χ1) is 40.6. The van der Waals surface area contributed by atoms with Gasteiger partial charge in [0.25, 0.3) is 25.8 Å². The van der Waals surface area contributed by atoms with Crippen LogP contribution in [0, 0.1) is 10.8 Å². The topological polar surface area (TPSA) is 181 Å². The van der Waals surface area contributed by atoms with Crippen molar-refractivity contribution in [3.63, 3.8) is 0 Å². The predicted molar refractivity (Wildman–Crippen MR) is 326 cm³/mol. The largest absolute Gasteiger partial charge is 0.501 e. The van der Waals surface area contributed by atoms with Crippen molar-refractivity contribution >= 4 is 77.9 Å². The number of halogens is 4. The summed E-state index contributed by atoms with van der Waals surface area (Å²) in [7, 11) is -11.0. The number of likely N-dealkylation sites (tertiary alicyclic amines) is 2. The SMILES string of the molecule is C[C@@]1(CN2CCC3(CC2)CCN(C2CCC(=O)NC2=O)CC3)CCC(c2ccc(Cl)cc2)=C(CN2CCN(c3ccc(C(=O)NS(=O)(=O)c4ccc(N[C@H](CCN5CCCOCC5)CSc5ccccc5)c(S(=O)(=O)C(F)(F)F)c4)cc3)CC2)C1. The minimum absolute atomic E-state index is 0.0134. The van der Waals surface area contributed by atoms with E-state index >= 15 is 0 Å². The summed E-state index contributed by atoms with van der Waals surface area (Å²) in [5.74, 6) is -0.994. The lowest BCUT2D eigenvalue weighted by atomic mass is 9.69. The molecule has 0 bridgehead atoms. The lowest BCUT2D eigenvalue weighted by molar-refractivity contribution is -0.138. The highest BCUT2D eigenvalue weighted by Gasteiger charge is 2.49. The number of carbonyl (C=O) groups excluding carboxylic acids is 3. The third kappa shape index (κ3) is 15.8. The van der Waals surface area contributed by atoms with Crippen LogP contribution in [0.2, 0.25) is 5.02 Å². The summed E-state index contributed by atoms with van der Waals surface area (Å²) < 4.78 is 105. The summed E-state index contributed by atoms with van der Waals surface area (Å²) in [5.41, 5.74) is -0.918. The van der Waals surface area contributed by atoms with E-state index in [-0.39, 0.29) is 28.8 Å². The standard InChI is InChI=1S/C62H78ClF3N8O8S3/c1-60(44-72-29-23-61(24-30-72)25-31-74(32-26-61)55-18-19-57(75)68-59(55)77)22-20-53(45-8-12-48(63)13-9-45)47(41-60)42-71-33-35-73(36-34-71)50-14-10-46(11-15-50)58(76)69-85(80,81)52-16-17-54(56(40-52)84(78,79)62(64,65)66)67-49(43-83-51-6-3-2-4-7-51)21-28-70-27-5-38-82-39-37-70/h2-4,6-17,40,49,55,67H,5,18-39,41-44H2,1H3,(H,69,76)(H,68,75,77)/t49-,55?,60-/m1/s1.